The van der Waals surface area contributed by atoms with Crippen molar-refractivity contribution in [3.05, 3.63) is 105 Å². The molecule has 1 unspecified atom stereocenters. The molecule has 1 aliphatic heterocycles. The summed E-state index contributed by atoms with van der Waals surface area (Å²) in [6, 6.07) is 16.6. The molecule has 0 saturated carbocycles. The molecule has 4 N–H and O–H groups in total. The molecule has 0 bridgehead atoms. The lowest BCUT2D eigenvalue weighted by Crippen LogP contribution is -2.22. The lowest BCUT2D eigenvalue weighted by Gasteiger charge is -2.14. The number of aliphatic hydroxyl groups is 1. The normalized spacial score (nSPS) is 14.7. The molecule has 6 rings (SSSR count). The second kappa shape index (κ2) is 15.4. The number of hydrogen-bond donors (Lipinski definition) is 4. The molecule has 254 valence electrons. The molecule has 3 aromatic heterocycles. The van der Waals surface area contributed by atoms with Crippen LogP contribution in [0.4, 0.5) is 5.69 Å². The van der Waals surface area contributed by atoms with E-state index in [0.717, 1.165) is 22.3 Å². The van der Waals surface area contributed by atoms with Crippen LogP contribution in [-0.2, 0) is 17.9 Å². The first-order chi connectivity index (χ1) is 24.2. The number of rotatable bonds is 12. The standard InChI is InChI=1S/C37H34ClN7O5/c1-22-26(3-2-4-30(22)44-36(47)32-8-6-24(19-42-32)18-40-12-14-46)27-9-11-41-31(28(27)17-39)7-5-23-15-29(38)35-33(16-23)43-34(50-35)21-45-13-10-25(20-45)37(48)49/h2-9,11,15-16,19,25,40,46H,10,12-14,18,20-21H2,1H3,(H,44,47)(H,48,49)/b7-5+. The van der Waals surface area contributed by atoms with Gasteiger partial charge in [-0.2, -0.15) is 5.26 Å². The van der Waals surface area contributed by atoms with E-state index in [1.807, 2.05) is 36.1 Å². The minimum Gasteiger partial charge on any atom is -0.481 e. The summed E-state index contributed by atoms with van der Waals surface area (Å²) in [5, 5.41) is 34.9. The van der Waals surface area contributed by atoms with E-state index in [1.165, 1.54) is 0 Å². The minimum atomic E-state index is -0.794. The molecule has 12 nitrogen and oxygen atoms in total. The van der Waals surface area contributed by atoms with E-state index >= 15 is 0 Å². The summed E-state index contributed by atoms with van der Waals surface area (Å²) in [5.41, 5.74) is 6.51. The van der Waals surface area contributed by atoms with Gasteiger partial charge in [-0.15, -0.1) is 0 Å². The second-order valence-corrected chi connectivity index (χ2v) is 12.4. The third kappa shape index (κ3) is 7.72. The van der Waals surface area contributed by atoms with Crippen LogP contribution in [0.5, 0.6) is 0 Å². The Labute approximate surface area is 293 Å². The number of amides is 1. The molecule has 2 aromatic carbocycles. The lowest BCUT2D eigenvalue weighted by atomic mass is 9.94. The zero-order valence-corrected chi connectivity index (χ0v) is 27.9. The first kappa shape index (κ1) is 34.4. The zero-order chi connectivity index (χ0) is 35.2. The summed E-state index contributed by atoms with van der Waals surface area (Å²) >= 11 is 6.57. The Hall–Kier alpha value is -5.45. The Kier molecular flexibility index (Phi) is 10.6. The monoisotopic (exact) mass is 691 g/mol. The smallest absolute Gasteiger partial charge is 0.307 e. The van der Waals surface area contributed by atoms with Gasteiger partial charge in [-0.1, -0.05) is 35.9 Å². The van der Waals surface area contributed by atoms with E-state index < -0.39 is 11.9 Å². The Morgan fingerprint density at radius 2 is 2.02 bits per heavy atom. The summed E-state index contributed by atoms with van der Waals surface area (Å²) in [6.07, 6.45) is 7.39. The molecule has 5 aromatic rings. The van der Waals surface area contributed by atoms with E-state index in [2.05, 4.69) is 31.7 Å². The Morgan fingerprint density at radius 3 is 2.76 bits per heavy atom. The van der Waals surface area contributed by atoms with Crippen LogP contribution < -0.4 is 10.6 Å². The lowest BCUT2D eigenvalue weighted by molar-refractivity contribution is -0.141. The topological polar surface area (TPSA) is 177 Å². The van der Waals surface area contributed by atoms with E-state index in [4.69, 9.17) is 21.1 Å². The Balaban J connectivity index is 1.20. The first-order valence-corrected chi connectivity index (χ1v) is 16.4. The molecular weight excluding hydrogens is 658 g/mol. The number of nitrogens with zero attached hydrogens (tertiary/aromatic N) is 5. The molecule has 1 fully saturated rings. The van der Waals surface area contributed by atoms with Gasteiger partial charge in [0.05, 0.1) is 35.3 Å². The fourth-order valence-corrected chi connectivity index (χ4v) is 6.20. The number of fused-ring (bicyclic) bond motifs is 1. The number of likely N-dealkylation sites (tertiary alicyclic amines) is 1. The summed E-state index contributed by atoms with van der Waals surface area (Å²) in [5.74, 6) is -1.09. The number of benzene rings is 2. The number of carboxylic acid groups (broad SMARTS) is 1. The largest absolute Gasteiger partial charge is 0.481 e. The number of nitriles is 1. The SMILES string of the molecule is Cc1c(NC(=O)c2ccc(CNCCO)cn2)cccc1-c1ccnc(/C=C/c2cc(Cl)c3oc(CN4CCC(C(=O)O)C4)nc3c2)c1C#N. The van der Waals surface area contributed by atoms with Gasteiger partial charge >= 0.3 is 5.97 Å². The predicted molar refractivity (Wildman–Crippen MR) is 189 cm³/mol. The third-order valence-electron chi connectivity index (χ3n) is 8.56. The van der Waals surface area contributed by atoms with E-state index in [9.17, 15) is 20.0 Å². The summed E-state index contributed by atoms with van der Waals surface area (Å²) in [7, 11) is 0. The average molecular weight is 692 g/mol. The number of halogens is 1. The molecule has 1 aliphatic rings. The molecule has 4 heterocycles. The Bertz CT molecular complexity index is 2120. The number of carbonyl (C=O) groups is 2. The van der Waals surface area contributed by atoms with Gasteiger partial charge < -0.3 is 25.3 Å². The van der Waals surface area contributed by atoms with Crippen molar-refractivity contribution in [3.8, 4) is 17.2 Å². The molecule has 1 amide bonds. The van der Waals surface area contributed by atoms with Gasteiger partial charge in [0.15, 0.2) is 5.58 Å². The number of pyridine rings is 2. The molecule has 50 heavy (non-hydrogen) atoms. The van der Waals surface area contributed by atoms with E-state index in [0.29, 0.717) is 83.7 Å². The summed E-state index contributed by atoms with van der Waals surface area (Å²) in [6.45, 7) is 4.41. The van der Waals surface area contributed by atoms with Crippen molar-refractivity contribution in [2.24, 2.45) is 5.92 Å². The molecule has 0 radical (unpaired) electrons. The molecule has 1 atom stereocenters. The van der Waals surface area contributed by atoms with Gasteiger partial charge in [0, 0.05) is 43.3 Å². The van der Waals surface area contributed by atoms with Gasteiger partial charge in [-0.3, -0.25) is 24.5 Å². The van der Waals surface area contributed by atoms with Gasteiger partial charge in [0.1, 0.15) is 17.3 Å². The van der Waals surface area contributed by atoms with Crippen LogP contribution in [0.1, 0.15) is 50.7 Å². The third-order valence-corrected chi connectivity index (χ3v) is 8.85. The molecule has 1 saturated heterocycles. The number of carbonyl (C=O) groups excluding carboxylic acids is 1. The van der Waals surface area contributed by atoms with Crippen molar-refractivity contribution < 1.29 is 24.2 Å². The number of oxazole rings is 1. The maximum Gasteiger partial charge on any atom is 0.307 e. The van der Waals surface area contributed by atoms with Crippen molar-refractivity contribution in [1.29, 1.82) is 5.26 Å². The number of nitrogens with one attached hydrogen (secondary N) is 2. The zero-order valence-electron chi connectivity index (χ0n) is 27.2. The number of anilines is 1. The van der Waals surface area contributed by atoms with Gasteiger partial charge in [0.2, 0.25) is 5.89 Å². The second-order valence-electron chi connectivity index (χ2n) is 12.0. The fraction of sp³-hybridized carbons (Fsp3) is 0.243. The summed E-state index contributed by atoms with van der Waals surface area (Å²) in [4.78, 5) is 39.8. The van der Waals surface area contributed by atoms with E-state index in [-0.39, 0.29) is 18.2 Å². The highest BCUT2D eigenvalue weighted by atomic mass is 35.5. The van der Waals surface area contributed by atoms with Crippen molar-refractivity contribution in [3.63, 3.8) is 0 Å². The van der Waals surface area contributed by atoms with Crippen LogP contribution >= 0.6 is 11.6 Å². The van der Waals surface area contributed by atoms with Crippen molar-refractivity contribution >= 4 is 52.4 Å². The first-order valence-electron chi connectivity index (χ1n) is 16.0. The number of aromatic nitrogens is 3. The number of aliphatic carboxylic acids is 1. The summed E-state index contributed by atoms with van der Waals surface area (Å²) < 4.78 is 5.92. The highest BCUT2D eigenvalue weighted by Gasteiger charge is 2.29. The van der Waals surface area contributed by atoms with Gasteiger partial charge in [-0.25, -0.2) is 4.98 Å². The quantitative estimate of drug-likeness (QED) is 0.121. The van der Waals surface area contributed by atoms with Crippen molar-refractivity contribution in [1.82, 2.24) is 25.2 Å². The van der Waals surface area contributed by atoms with Crippen LogP contribution in [0.2, 0.25) is 5.02 Å². The van der Waals surface area contributed by atoms with Crippen LogP contribution in [0, 0.1) is 24.2 Å². The van der Waals surface area contributed by atoms with Crippen molar-refractivity contribution in [2.45, 2.75) is 26.4 Å². The maximum atomic E-state index is 13.1. The number of aliphatic hydroxyl groups excluding tert-OH is 1. The Morgan fingerprint density at radius 1 is 1.16 bits per heavy atom. The maximum absolute atomic E-state index is 13.1. The fourth-order valence-electron chi connectivity index (χ4n) is 5.94. The van der Waals surface area contributed by atoms with Crippen molar-refractivity contribution in [2.75, 3.05) is 31.6 Å². The molecule has 0 spiro atoms. The molecule has 13 heteroatoms. The molecular formula is C37H34ClN7O5. The van der Waals surface area contributed by atoms with Crippen LogP contribution in [0.15, 0.2) is 65.3 Å². The average Bonchev–Trinajstić information content (AvgIpc) is 3.76. The highest BCUT2D eigenvalue weighted by Crippen LogP contribution is 2.33. The van der Waals surface area contributed by atoms with E-state index in [1.54, 1.807) is 48.8 Å². The minimum absolute atomic E-state index is 0.0398. The van der Waals surface area contributed by atoms with Gasteiger partial charge in [-0.05, 0) is 78.6 Å². The highest BCUT2D eigenvalue weighted by molar-refractivity contribution is 6.34. The molecule has 0 aliphatic carbocycles. The van der Waals surface area contributed by atoms with Gasteiger partial charge in [0.25, 0.3) is 5.91 Å². The number of carboxylic acids is 1. The predicted octanol–water partition coefficient (Wildman–Crippen LogP) is 5.53. The number of hydrogen-bond acceptors (Lipinski definition) is 10. The van der Waals surface area contributed by atoms with Crippen LogP contribution in [-0.4, -0.2) is 68.2 Å². The van der Waals surface area contributed by atoms with Crippen LogP contribution in [0.25, 0.3) is 34.4 Å². The van der Waals surface area contributed by atoms with Crippen LogP contribution in [0.3, 0.4) is 0 Å².